The van der Waals surface area contributed by atoms with Gasteiger partial charge in [0.05, 0.1) is 18.1 Å². The van der Waals surface area contributed by atoms with Crippen LogP contribution in [0.5, 0.6) is 5.75 Å². The fraction of sp³-hybridized carbons (Fsp3) is 0.158. The van der Waals surface area contributed by atoms with Gasteiger partial charge in [-0.15, -0.1) is 0 Å². The predicted octanol–water partition coefficient (Wildman–Crippen LogP) is 5.85. The highest BCUT2D eigenvalue weighted by molar-refractivity contribution is 9.10. The van der Waals surface area contributed by atoms with Crippen LogP contribution in [0.2, 0.25) is 0 Å². The number of amides is 2. The average molecular weight is 497 g/mol. The van der Waals surface area contributed by atoms with E-state index in [1.807, 2.05) is 49.4 Å². The van der Waals surface area contributed by atoms with Crippen molar-refractivity contribution in [2.24, 2.45) is 0 Å². The van der Waals surface area contributed by atoms with Crippen molar-refractivity contribution in [1.29, 1.82) is 0 Å². The second-order valence-corrected chi connectivity index (χ2v) is 8.34. The van der Waals surface area contributed by atoms with E-state index in [2.05, 4.69) is 31.9 Å². The van der Waals surface area contributed by atoms with Crippen LogP contribution in [0.4, 0.5) is 4.79 Å². The second-order valence-electron chi connectivity index (χ2n) is 5.51. The minimum absolute atomic E-state index is 0.248. The number of carbonyl (C=O) groups excluding carboxylic acids is 2. The molecule has 2 amide bonds. The lowest BCUT2D eigenvalue weighted by Crippen LogP contribution is -2.27. The van der Waals surface area contributed by atoms with Crippen LogP contribution < -0.4 is 4.74 Å². The third-order valence-electron chi connectivity index (χ3n) is 3.66. The van der Waals surface area contributed by atoms with Crippen molar-refractivity contribution in [3.8, 4) is 5.75 Å². The first-order valence-corrected chi connectivity index (χ1v) is 10.3. The molecule has 0 saturated carbocycles. The summed E-state index contributed by atoms with van der Waals surface area (Å²) < 4.78 is 7.40. The minimum Gasteiger partial charge on any atom is -0.493 e. The minimum atomic E-state index is -0.289. The number of halogens is 2. The smallest absolute Gasteiger partial charge is 0.293 e. The Kier molecular flexibility index (Phi) is 6.21. The quantitative estimate of drug-likeness (QED) is 0.487. The molecular formula is C19H15Br2NO3S. The van der Waals surface area contributed by atoms with Crippen molar-refractivity contribution < 1.29 is 14.3 Å². The summed E-state index contributed by atoms with van der Waals surface area (Å²) in [5.41, 5.74) is 1.65. The standard InChI is InChI=1S/C19H15Br2NO3S/c1-2-25-16-7-6-15(21)9-13(16)10-17-18(23)22(19(24)26-17)11-12-4-3-5-14(20)8-12/h3-10H,2,11H2,1H3/b17-10+. The number of rotatable bonds is 5. The average Bonchev–Trinajstić information content (AvgIpc) is 2.85. The Balaban J connectivity index is 1.87. The fourth-order valence-corrected chi connectivity index (χ4v) is 4.17. The molecule has 0 bridgehead atoms. The first-order valence-electron chi connectivity index (χ1n) is 7.90. The van der Waals surface area contributed by atoms with Crippen LogP contribution in [-0.2, 0) is 11.3 Å². The van der Waals surface area contributed by atoms with Crippen LogP contribution in [0.1, 0.15) is 18.1 Å². The molecule has 1 fully saturated rings. The molecule has 0 N–H and O–H groups in total. The topological polar surface area (TPSA) is 46.6 Å². The Labute approximate surface area is 172 Å². The number of hydrogen-bond acceptors (Lipinski definition) is 4. The summed E-state index contributed by atoms with van der Waals surface area (Å²) in [5.74, 6) is 0.386. The summed E-state index contributed by atoms with van der Waals surface area (Å²) >= 11 is 7.78. The maximum atomic E-state index is 12.7. The largest absolute Gasteiger partial charge is 0.493 e. The van der Waals surface area contributed by atoms with E-state index >= 15 is 0 Å². The third kappa shape index (κ3) is 4.39. The van der Waals surface area contributed by atoms with Gasteiger partial charge in [-0.05, 0) is 60.7 Å². The van der Waals surface area contributed by atoms with Crippen LogP contribution >= 0.6 is 43.6 Å². The van der Waals surface area contributed by atoms with Gasteiger partial charge in [-0.1, -0.05) is 44.0 Å². The maximum Gasteiger partial charge on any atom is 0.293 e. The molecule has 0 radical (unpaired) electrons. The lowest BCUT2D eigenvalue weighted by atomic mass is 10.1. The number of thioether (sulfide) groups is 1. The Hall–Kier alpha value is -1.57. The molecule has 0 aliphatic carbocycles. The molecule has 4 nitrogen and oxygen atoms in total. The van der Waals surface area contributed by atoms with Gasteiger partial charge in [-0.3, -0.25) is 14.5 Å². The van der Waals surface area contributed by atoms with E-state index in [1.165, 1.54) is 4.90 Å². The van der Waals surface area contributed by atoms with Gasteiger partial charge in [0, 0.05) is 14.5 Å². The van der Waals surface area contributed by atoms with E-state index in [-0.39, 0.29) is 17.7 Å². The zero-order chi connectivity index (χ0) is 18.7. The first-order chi connectivity index (χ1) is 12.5. The van der Waals surface area contributed by atoms with Crippen LogP contribution in [0, 0.1) is 0 Å². The highest BCUT2D eigenvalue weighted by Gasteiger charge is 2.35. The van der Waals surface area contributed by atoms with Gasteiger partial charge in [0.2, 0.25) is 0 Å². The van der Waals surface area contributed by atoms with Gasteiger partial charge < -0.3 is 4.74 Å². The zero-order valence-corrected chi connectivity index (χ0v) is 17.9. The Bertz CT molecular complexity index is 898. The monoisotopic (exact) mass is 495 g/mol. The van der Waals surface area contributed by atoms with Crippen molar-refractivity contribution in [3.63, 3.8) is 0 Å². The number of carbonyl (C=O) groups is 2. The van der Waals surface area contributed by atoms with E-state index in [0.29, 0.717) is 17.3 Å². The van der Waals surface area contributed by atoms with Crippen LogP contribution in [-0.4, -0.2) is 22.7 Å². The molecule has 1 aliphatic heterocycles. The summed E-state index contributed by atoms with van der Waals surface area (Å²) in [7, 11) is 0. The molecule has 1 aliphatic rings. The van der Waals surface area contributed by atoms with Gasteiger partial charge in [-0.2, -0.15) is 0 Å². The molecule has 0 atom stereocenters. The highest BCUT2D eigenvalue weighted by Crippen LogP contribution is 2.35. The van der Waals surface area contributed by atoms with Gasteiger partial charge in [0.15, 0.2) is 0 Å². The summed E-state index contributed by atoms with van der Waals surface area (Å²) in [6.07, 6.45) is 1.71. The van der Waals surface area contributed by atoms with E-state index in [9.17, 15) is 9.59 Å². The molecule has 0 spiro atoms. The summed E-state index contributed by atoms with van der Waals surface area (Å²) in [6, 6.07) is 13.2. The molecule has 3 rings (SSSR count). The lowest BCUT2D eigenvalue weighted by molar-refractivity contribution is -0.123. The van der Waals surface area contributed by atoms with E-state index in [1.54, 1.807) is 6.08 Å². The van der Waals surface area contributed by atoms with Crippen LogP contribution in [0.25, 0.3) is 6.08 Å². The Morgan fingerprint density at radius 1 is 1.12 bits per heavy atom. The Morgan fingerprint density at radius 3 is 2.62 bits per heavy atom. The number of imide groups is 1. The molecule has 1 saturated heterocycles. The number of ether oxygens (including phenoxy) is 1. The van der Waals surface area contributed by atoms with Gasteiger partial charge in [0.25, 0.3) is 11.1 Å². The molecule has 1 heterocycles. The number of hydrogen-bond donors (Lipinski definition) is 0. The SMILES string of the molecule is CCOc1ccc(Br)cc1/C=C1/SC(=O)N(Cc2cccc(Br)c2)C1=O. The van der Waals surface area contributed by atoms with Crippen molar-refractivity contribution in [2.75, 3.05) is 6.61 Å². The van der Waals surface area contributed by atoms with Crippen LogP contribution in [0.15, 0.2) is 56.3 Å². The van der Waals surface area contributed by atoms with Crippen molar-refractivity contribution in [1.82, 2.24) is 4.90 Å². The number of nitrogens with zero attached hydrogens (tertiary/aromatic N) is 1. The van der Waals surface area contributed by atoms with Crippen molar-refractivity contribution in [2.45, 2.75) is 13.5 Å². The van der Waals surface area contributed by atoms with Crippen molar-refractivity contribution >= 4 is 60.8 Å². The molecular weight excluding hydrogens is 482 g/mol. The zero-order valence-electron chi connectivity index (χ0n) is 13.9. The second kappa shape index (κ2) is 8.41. The van der Waals surface area contributed by atoms with Gasteiger partial charge in [0.1, 0.15) is 5.75 Å². The van der Waals surface area contributed by atoms with Crippen molar-refractivity contribution in [3.05, 3.63) is 67.4 Å². The lowest BCUT2D eigenvalue weighted by Gasteiger charge is -2.12. The predicted molar refractivity (Wildman–Crippen MR) is 111 cm³/mol. The molecule has 134 valence electrons. The van der Waals surface area contributed by atoms with E-state index < -0.39 is 0 Å². The summed E-state index contributed by atoms with van der Waals surface area (Å²) in [5, 5.41) is -0.269. The number of benzene rings is 2. The molecule has 26 heavy (non-hydrogen) atoms. The van der Waals surface area contributed by atoms with Gasteiger partial charge in [-0.25, -0.2) is 0 Å². The van der Waals surface area contributed by atoms with Gasteiger partial charge >= 0.3 is 0 Å². The highest BCUT2D eigenvalue weighted by atomic mass is 79.9. The van der Waals surface area contributed by atoms with E-state index in [4.69, 9.17) is 4.74 Å². The summed E-state index contributed by atoms with van der Waals surface area (Å²) in [6.45, 7) is 2.67. The molecule has 7 heteroatoms. The molecule has 0 aromatic heterocycles. The maximum absolute atomic E-state index is 12.7. The third-order valence-corrected chi connectivity index (χ3v) is 5.56. The Morgan fingerprint density at radius 2 is 1.88 bits per heavy atom. The van der Waals surface area contributed by atoms with E-state index in [0.717, 1.165) is 31.8 Å². The molecule has 0 unspecified atom stereocenters. The molecule has 2 aromatic carbocycles. The van der Waals surface area contributed by atoms with Crippen LogP contribution in [0.3, 0.4) is 0 Å². The normalized spacial score (nSPS) is 15.8. The molecule has 2 aromatic rings. The summed E-state index contributed by atoms with van der Waals surface area (Å²) in [4.78, 5) is 26.7. The fourth-order valence-electron chi connectivity index (χ4n) is 2.51. The first kappa shape index (κ1) is 19.2.